The minimum Gasteiger partial charge on any atom is -0.360 e. The quantitative estimate of drug-likeness (QED) is 0.813. The Hall–Kier alpha value is -2.54. The smallest absolute Gasteiger partial charge is 0.282 e. The molecule has 3 rings (SSSR count). The van der Waals surface area contributed by atoms with Crippen LogP contribution in [0.3, 0.4) is 0 Å². The molecule has 0 aromatic heterocycles. The van der Waals surface area contributed by atoms with E-state index in [0.717, 1.165) is 48.9 Å². The minimum absolute atomic E-state index is 0.344. The normalized spacial score (nSPS) is 16.4. The van der Waals surface area contributed by atoms with Crippen molar-refractivity contribution >= 4 is 17.3 Å². The molecule has 1 amide bonds. The number of benzene rings is 2. The number of piperazine rings is 1. The van der Waals surface area contributed by atoms with Gasteiger partial charge in [0.15, 0.2) is 23.5 Å². The lowest BCUT2D eigenvalue weighted by Crippen LogP contribution is -3.19. The molecule has 0 aliphatic carbocycles. The van der Waals surface area contributed by atoms with E-state index in [1.54, 1.807) is 6.92 Å². The number of carbonyl (C=O) groups is 1. The molecule has 7 heteroatoms. The SMILES string of the molecule is C[C@H](C(=O)Nc1ccc(F)c(F)c1F)[NH+]1CCN(c2ccccc2)CC1. The number of anilines is 2. The number of nitrogens with zero attached hydrogens (tertiary/aromatic N) is 1. The Bertz CT molecular complexity index is 777. The predicted molar refractivity (Wildman–Crippen MR) is 93.8 cm³/mol. The summed E-state index contributed by atoms with van der Waals surface area (Å²) in [4.78, 5) is 15.7. The third kappa shape index (κ3) is 3.83. The van der Waals surface area contributed by atoms with Gasteiger partial charge in [0.05, 0.1) is 31.9 Å². The van der Waals surface area contributed by atoms with Gasteiger partial charge in [-0.15, -0.1) is 0 Å². The highest BCUT2D eigenvalue weighted by Crippen LogP contribution is 2.19. The van der Waals surface area contributed by atoms with Crippen LogP contribution >= 0.6 is 0 Å². The molecule has 2 aromatic carbocycles. The molecule has 1 fully saturated rings. The molecule has 26 heavy (non-hydrogen) atoms. The maximum absolute atomic E-state index is 13.7. The Labute approximate surface area is 150 Å². The molecule has 1 saturated heterocycles. The molecule has 1 aliphatic heterocycles. The molecule has 2 N–H and O–H groups in total. The van der Waals surface area contributed by atoms with E-state index in [9.17, 15) is 18.0 Å². The summed E-state index contributed by atoms with van der Waals surface area (Å²) in [7, 11) is 0. The average molecular weight is 364 g/mol. The first kappa shape index (κ1) is 18.3. The largest absolute Gasteiger partial charge is 0.360 e. The van der Waals surface area contributed by atoms with E-state index in [2.05, 4.69) is 10.2 Å². The number of para-hydroxylation sites is 1. The van der Waals surface area contributed by atoms with Crippen LogP contribution in [0.1, 0.15) is 6.92 Å². The Morgan fingerprint density at radius 1 is 1.04 bits per heavy atom. The fourth-order valence-corrected chi connectivity index (χ4v) is 3.17. The average Bonchev–Trinajstić information content (AvgIpc) is 2.68. The summed E-state index contributed by atoms with van der Waals surface area (Å²) in [6, 6.07) is 11.4. The first-order valence-corrected chi connectivity index (χ1v) is 8.56. The van der Waals surface area contributed by atoms with Gasteiger partial charge in [-0.2, -0.15) is 0 Å². The molecule has 0 unspecified atom stereocenters. The molecule has 0 saturated carbocycles. The predicted octanol–water partition coefficient (Wildman–Crippen LogP) is 1.84. The summed E-state index contributed by atoms with van der Waals surface area (Å²) in [6.45, 7) is 4.86. The third-order valence-electron chi connectivity index (χ3n) is 4.83. The summed E-state index contributed by atoms with van der Waals surface area (Å²) >= 11 is 0. The molecule has 1 heterocycles. The lowest BCUT2D eigenvalue weighted by Gasteiger charge is -2.36. The Morgan fingerprint density at radius 2 is 1.69 bits per heavy atom. The summed E-state index contributed by atoms with van der Waals surface area (Å²) in [6.07, 6.45) is 0. The van der Waals surface area contributed by atoms with Gasteiger partial charge in [-0.3, -0.25) is 4.79 Å². The van der Waals surface area contributed by atoms with Crippen LogP contribution < -0.4 is 15.1 Å². The van der Waals surface area contributed by atoms with Crippen molar-refractivity contribution in [3.8, 4) is 0 Å². The Balaban J connectivity index is 1.59. The lowest BCUT2D eigenvalue weighted by molar-refractivity contribution is -0.914. The molecule has 0 bridgehead atoms. The van der Waals surface area contributed by atoms with E-state index in [-0.39, 0.29) is 5.69 Å². The van der Waals surface area contributed by atoms with Crippen LogP contribution in [0.2, 0.25) is 0 Å². The van der Waals surface area contributed by atoms with Gasteiger partial charge in [-0.1, -0.05) is 18.2 Å². The van der Waals surface area contributed by atoms with Crippen LogP contribution in [-0.2, 0) is 4.79 Å². The lowest BCUT2D eigenvalue weighted by atomic mass is 10.2. The molecule has 1 atom stereocenters. The van der Waals surface area contributed by atoms with Crippen LogP contribution in [0, 0.1) is 17.5 Å². The van der Waals surface area contributed by atoms with Crippen molar-refractivity contribution < 1.29 is 22.9 Å². The van der Waals surface area contributed by atoms with Crippen molar-refractivity contribution in [1.82, 2.24) is 0 Å². The van der Waals surface area contributed by atoms with Gasteiger partial charge >= 0.3 is 0 Å². The highest BCUT2D eigenvalue weighted by molar-refractivity contribution is 5.93. The van der Waals surface area contributed by atoms with Crippen LogP contribution in [-0.4, -0.2) is 38.1 Å². The van der Waals surface area contributed by atoms with Crippen molar-refractivity contribution in [2.24, 2.45) is 0 Å². The Morgan fingerprint density at radius 3 is 2.35 bits per heavy atom. The molecule has 1 aliphatic rings. The van der Waals surface area contributed by atoms with E-state index < -0.39 is 29.4 Å². The number of rotatable bonds is 4. The van der Waals surface area contributed by atoms with Gasteiger partial charge in [0.1, 0.15) is 0 Å². The fourth-order valence-electron chi connectivity index (χ4n) is 3.17. The Kier molecular flexibility index (Phi) is 5.46. The van der Waals surface area contributed by atoms with Crippen molar-refractivity contribution in [3.63, 3.8) is 0 Å². The topological polar surface area (TPSA) is 36.8 Å². The van der Waals surface area contributed by atoms with Gasteiger partial charge < -0.3 is 15.1 Å². The second-order valence-corrected chi connectivity index (χ2v) is 6.41. The molecular weight excluding hydrogens is 343 g/mol. The summed E-state index contributed by atoms with van der Waals surface area (Å²) in [5.41, 5.74) is 0.801. The maximum atomic E-state index is 13.7. The molecule has 0 spiro atoms. The first-order valence-electron chi connectivity index (χ1n) is 8.56. The highest BCUT2D eigenvalue weighted by atomic mass is 19.2. The van der Waals surface area contributed by atoms with E-state index in [0.29, 0.717) is 0 Å². The van der Waals surface area contributed by atoms with Gasteiger partial charge in [0.25, 0.3) is 5.91 Å². The number of amides is 1. The summed E-state index contributed by atoms with van der Waals surface area (Å²) < 4.78 is 40.0. The van der Waals surface area contributed by atoms with Crippen molar-refractivity contribution in [2.45, 2.75) is 13.0 Å². The zero-order valence-corrected chi connectivity index (χ0v) is 14.4. The van der Waals surface area contributed by atoms with Gasteiger partial charge in [-0.05, 0) is 31.2 Å². The van der Waals surface area contributed by atoms with Crippen LogP contribution in [0.5, 0.6) is 0 Å². The fraction of sp³-hybridized carbons (Fsp3) is 0.316. The zero-order valence-electron chi connectivity index (χ0n) is 14.4. The molecular formula is C19H21F3N3O+. The van der Waals surface area contributed by atoms with Gasteiger partial charge in [0, 0.05) is 5.69 Å². The van der Waals surface area contributed by atoms with E-state index in [1.807, 2.05) is 30.3 Å². The number of carbonyl (C=O) groups excluding carboxylic acids is 1. The number of quaternary nitrogens is 1. The standard InChI is InChI=1S/C19H20F3N3O/c1-13(19(26)23-16-8-7-15(20)17(21)18(16)22)24-9-11-25(12-10-24)14-5-3-2-4-6-14/h2-8,13H,9-12H2,1H3,(H,23,26)/p+1/t13-/m1/s1. The third-order valence-corrected chi connectivity index (χ3v) is 4.83. The number of halogens is 3. The second kappa shape index (κ2) is 7.78. The van der Waals surface area contributed by atoms with Crippen LogP contribution in [0.4, 0.5) is 24.5 Å². The molecule has 2 aromatic rings. The van der Waals surface area contributed by atoms with E-state index in [4.69, 9.17) is 0 Å². The van der Waals surface area contributed by atoms with Crippen LogP contribution in [0.25, 0.3) is 0 Å². The minimum atomic E-state index is -1.58. The molecule has 0 radical (unpaired) electrons. The zero-order chi connectivity index (χ0) is 18.7. The second-order valence-electron chi connectivity index (χ2n) is 6.41. The van der Waals surface area contributed by atoms with Crippen LogP contribution in [0.15, 0.2) is 42.5 Å². The first-order chi connectivity index (χ1) is 12.5. The number of hydrogen-bond donors (Lipinski definition) is 2. The molecule has 138 valence electrons. The summed E-state index contributed by atoms with van der Waals surface area (Å²) in [5.74, 6) is -4.66. The monoisotopic (exact) mass is 364 g/mol. The maximum Gasteiger partial charge on any atom is 0.282 e. The van der Waals surface area contributed by atoms with Gasteiger partial charge in [0.2, 0.25) is 0 Å². The van der Waals surface area contributed by atoms with Gasteiger partial charge in [-0.25, -0.2) is 13.2 Å². The van der Waals surface area contributed by atoms with Crippen molar-refractivity contribution in [3.05, 3.63) is 59.9 Å². The van der Waals surface area contributed by atoms with Crippen molar-refractivity contribution in [1.29, 1.82) is 0 Å². The number of nitrogens with one attached hydrogen (secondary N) is 2. The number of hydrogen-bond acceptors (Lipinski definition) is 2. The van der Waals surface area contributed by atoms with E-state index >= 15 is 0 Å². The van der Waals surface area contributed by atoms with Crippen molar-refractivity contribution in [2.75, 3.05) is 36.4 Å². The highest BCUT2D eigenvalue weighted by Gasteiger charge is 2.30. The molecule has 4 nitrogen and oxygen atoms in total. The summed E-state index contributed by atoms with van der Waals surface area (Å²) in [5, 5.41) is 2.36. The van der Waals surface area contributed by atoms with E-state index in [1.165, 1.54) is 0 Å².